The summed E-state index contributed by atoms with van der Waals surface area (Å²) < 4.78 is 0. The highest BCUT2D eigenvalue weighted by Crippen LogP contribution is 2.64. The highest BCUT2D eigenvalue weighted by atomic mass is 16.3. The molecule has 0 heterocycles. The highest BCUT2D eigenvalue weighted by Gasteiger charge is 2.76. The van der Waals surface area contributed by atoms with E-state index < -0.39 is 63.1 Å². The van der Waals surface area contributed by atoms with Crippen LogP contribution in [0.1, 0.15) is 75.9 Å². The summed E-state index contributed by atoms with van der Waals surface area (Å²) in [6, 6.07) is 3.11. The number of phenols is 1. The Balaban J connectivity index is 2.00. The average molecular weight is 495 g/mol. The molecule has 1 aromatic carbocycles. The summed E-state index contributed by atoms with van der Waals surface area (Å²) in [6.07, 6.45) is 0.881. The first-order valence-electron chi connectivity index (χ1n) is 12.5. The molecule has 2 N–H and O–H groups in total. The minimum atomic E-state index is -2.68. The van der Waals surface area contributed by atoms with E-state index in [2.05, 4.69) is 6.58 Å². The van der Waals surface area contributed by atoms with Crippen LogP contribution in [0.4, 0.5) is 0 Å². The molecule has 4 rings (SSSR count). The fourth-order valence-electron chi connectivity index (χ4n) is 7.66. The number of carbonyl (C=O) groups excluding carboxylic acids is 5. The van der Waals surface area contributed by atoms with Crippen molar-refractivity contribution in [2.24, 2.45) is 34.5 Å². The van der Waals surface area contributed by atoms with Gasteiger partial charge >= 0.3 is 0 Å². The fraction of sp³-hybridized carbons (Fsp3) is 0.552. The minimum Gasteiger partial charge on any atom is -0.507 e. The van der Waals surface area contributed by atoms with E-state index >= 15 is 0 Å². The zero-order valence-corrected chi connectivity index (χ0v) is 21.7. The van der Waals surface area contributed by atoms with Crippen LogP contribution in [0.15, 0.2) is 18.7 Å². The summed E-state index contributed by atoms with van der Waals surface area (Å²) in [4.78, 5) is 67.6. The summed E-state index contributed by atoms with van der Waals surface area (Å²) >= 11 is 0. The van der Waals surface area contributed by atoms with Crippen molar-refractivity contribution in [1.82, 2.24) is 0 Å². The number of fused-ring (bicyclic) bond motifs is 3. The molecule has 7 nitrogen and oxygen atoms in total. The number of ketones is 5. The van der Waals surface area contributed by atoms with Gasteiger partial charge in [0.25, 0.3) is 0 Å². The van der Waals surface area contributed by atoms with Crippen molar-refractivity contribution in [3.63, 3.8) is 0 Å². The Morgan fingerprint density at radius 1 is 1.14 bits per heavy atom. The molecule has 0 bridgehead atoms. The van der Waals surface area contributed by atoms with Gasteiger partial charge in [-0.2, -0.15) is 0 Å². The third-order valence-corrected chi connectivity index (χ3v) is 9.07. The lowest BCUT2D eigenvalue weighted by atomic mass is 9.40. The van der Waals surface area contributed by atoms with Crippen molar-refractivity contribution in [2.45, 2.75) is 66.4 Å². The van der Waals surface area contributed by atoms with E-state index in [1.807, 2.05) is 6.92 Å². The average Bonchev–Trinajstić information content (AvgIpc) is 2.75. The van der Waals surface area contributed by atoms with Crippen LogP contribution < -0.4 is 0 Å². The number of carbonyl (C=O) groups is 5. The van der Waals surface area contributed by atoms with E-state index in [1.54, 1.807) is 33.8 Å². The lowest BCUT2D eigenvalue weighted by molar-refractivity contribution is -0.205. The van der Waals surface area contributed by atoms with Crippen LogP contribution in [-0.2, 0) is 25.6 Å². The molecule has 192 valence electrons. The molecule has 6 atom stereocenters. The second kappa shape index (κ2) is 8.04. The number of hydrogen-bond donors (Lipinski definition) is 2. The molecule has 3 aliphatic carbocycles. The van der Waals surface area contributed by atoms with E-state index in [-0.39, 0.29) is 30.1 Å². The van der Waals surface area contributed by atoms with Crippen LogP contribution in [0.2, 0.25) is 0 Å². The topological polar surface area (TPSA) is 126 Å². The second-order valence-electron chi connectivity index (χ2n) is 11.8. The Morgan fingerprint density at radius 3 is 2.28 bits per heavy atom. The van der Waals surface area contributed by atoms with E-state index in [9.17, 15) is 34.2 Å². The van der Waals surface area contributed by atoms with E-state index in [0.717, 1.165) is 18.1 Å². The number of phenolic OH excluding ortho intramolecular Hbond substituents is 1. The van der Waals surface area contributed by atoms with Crippen molar-refractivity contribution in [3.05, 3.63) is 35.4 Å². The van der Waals surface area contributed by atoms with Crippen molar-refractivity contribution in [3.8, 4) is 5.75 Å². The van der Waals surface area contributed by atoms with Crippen LogP contribution in [0.25, 0.3) is 5.57 Å². The van der Waals surface area contributed by atoms with Gasteiger partial charge in [0, 0.05) is 11.3 Å². The maximum atomic E-state index is 14.2. The molecular formula is C29H34O7. The Bertz CT molecular complexity index is 1260. The normalized spacial score (nSPS) is 35.8. The van der Waals surface area contributed by atoms with Crippen molar-refractivity contribution >= 4 is 34.5 Å². The molecule has 0 radical (unpaired) electrons. The van der Waals surface area contributed by atoms with Gasteiger partial charge in [0.1, 0.15) is 17.5 Å². The standard InChI is InChI=1S/C29H34O7/c1-8-14(4)16-9-10-18(31)20-17(16)11-27(6)12-28(7)21(13(2)3)23(32)19(15(5)30)25(34)29(28,36)26(35)22(27)24(20)33/h9-10,13,19,21-22,31,36H,4,8,11-12H2,1-3,5-7H3/t19?,21?,22?,27-,28-,29+/m1/s1. The first-order valence-corrected chi connectivity index (χ1v) is 12.5. The quantitative estimate of drug-likeness (QED) is 0.614. The molecular weight excluding hydrogens is 460 g/mol. The molecule has 0 saturated heterocycles. The van der Waals surface area contributed by atoms with E-state index in [0.29, 0.717) is 12.0 Å². The second-order valence-corrected chi connectivity index (χ2v) is 11.8. The maximum Gasteiger partial charge on any atom is 0.190 e. The van der Waals surface area contributed by atoms with Crippen LogP contribution in [0.3, 0.4) is 0 Å². The maximum absolute atomic E-state index is 14.2. The number of Topliss-reactive ketones (excluding diaryl/α,β-unsaturated/α-hetero) is 5. The van der Waals surface area contributed by atoms with Gasteiger partial charge < -0.3 is 10.2 Å². The molecule has 0 amide bonds. The third kappa shape index (κ3) is 3.04. The summed E-state index contributed by atoms with van der Waals surface area (Å²) in [6.45, 7) is 14.0. The number of hydrogen-bond acceptors (Lipinski definition) is 7. The predicted octanol–water partition coefficient (Wildman–Crippen LogP) is 3.52. The largest absolute Gasteiger partial charge is 0.507 e. The molecule has 1 aromatic rings. The van der Waals surface area contributed by atoms with Crippen LogP contribution >= 0.6 is 0 Å². The summed E-state index contributed by atoms with van der Waals surface area (Å²) in [5, 5.41) is 22.6. The first-order chi connectivity index (χ1) is 16.6. The van der Waals surface area contributed by atoms with Gasteiger partial charge in [0.15, 0.2) is 28.7 Å². The molecule has 7 heteroatoms. The van der Waals surface area contributed by atoms with E-state index in [4.69, 9.17) is 0 Å². The number of aliphatic hydroxyl groups is 1. The fourth-order valence-corrected chi connectivity index (χ4v) is 7.66. The van der Waals surface area contributed by atoms with Gasteiger partial charge in [-0.05, 0) is 60.3 Å². The van der Waals surface area contributed by atoms with Crippen LogP contribution in [0, 0.1) is 34.5 Å². The Kier molecular flexibility index (Phi) is 5.84. The molecule has 0 aromatic heterocycles. The molecule has 36 heavy (non-hydrogen) atoms. The SMILES string of the molecule is C=C(CC)c1ccc(O)c2c1C[C@]1(C)C[C@]3(C)C(C(C)C)C(=O)C(C(C)=O)C(=O)[C@]3(O)C(=O)C1C2=O. The van der Waals surface area contributed by atoms with Crippen LogP contribution in [-0.4, -0.2) is 44.7 Å². The number of allylic oxidation sites excluding steroid dienone is 1. The van der Waals surface area contributed by atoms with Crippen molar-refractivity contribution in [1.29, 1.82) is 0 Å². The Hall–Kier alpha value is -2.93. The third-order valence-electron chi connectivity index (χ3n) is 9.07. The monoisotopic (exact) mass is 494 g/mol. The lowest BCUT2D eigenvalue weighted by Crippen LogP contribution is -2.76. The van der Waals surface area contributed by atoms with Crippen molar-refractivity contribution < 1.29 is 34.2 Å². The minimum absolute atomic E-state index is 0.00740. The highest BCUT2D eigenvalue weighted by molar-refractivity contribution is 6.32. The van der Waals surface area contributed by atoms with Gasteiger partial charge in [-0.15, -0.1) is 0 Å². The summed E-state index contributed by atoms with van der Waals surface area (Å²) in [7, 11) is 0. The smallest absolute Gasteiger partial charge is 0.190 e. The van der Waals surface area contributed by atoms with Gasteiger partial charge in [-0.3, -0.25) is 24.0 Å². The van der Waals surface area contributed by atoms with Gasteiger partial charge in [-0.25, -0.2) is 0 Å². The zero-order chi connectivity index (χ0) is 27.1. The molecule has 2 fully saturated rings. The molecule has 3 unspecified atom stereocenters. The first kappa shape index (κ1) is 26.1. The Morgan fingerprint density at radius 2 is 1.75 bits per heavy atom. The van der Waals surface area contributed by atoms with Gasteiger partial charge in [0.2, 0.25) is 0 Å². The summed E-state index contributed by atoms with van der Waals surface area (Å²) in [5.74, 6) is -8.83. The molecule has 0 spiro atoms. The zero-order valence-electron chi connectivity index (χ0n) is 21.7. The summed E-state index contributed by atoms with van der Waals surface area (Å²) in [5.41, 5.74) is -3.13. The number of benzene rings is 1. The van der Waals surface area contributed by atoms with Crippen molar-refractivity contribution in [2.75, 3.05) is 0 Å². The van der Waals surface area contributed by atoms with Gasteiger partial charge in [-0.1, -0.05) is 47.3 Å². The molecule has 2 saturated carbocycles. The number of aromatic hydroxyl groups is 1. The molecule has 0 aliphatic heterocycles. The lowest BCUT2D eigenvalue weighted by Gasteiger charge is -2.61. The van der Waals surface area contributed by atoms with Crippen LogP contribution in [0.5, 0.6) is 5.75 Å². The molecule has 3 aliphatic rings. The Labute approximate surface area is 211 Å². The van der Waals surface area contributed by atoms with Gasteiger partial charge in [0.05, 0.1) is 11.5 Å². The number of rotatable bonds is 4. The van der Waals surface area contributed by atoms with E-state index in [1.165, 1.54) is 6.07 Å². The predicted molar refractivity (Wildman–Crippen MR) is 132 cm³/mol.